The molecule has 0 aromatic heterocycles. The van der Waals surface area contributed by atoms with Crippen LogP contribution < -0.4 is 24.8 Å². The highest BCUT2D eigenvalue weighted by Crippen LogP contribution is 2.34. The van der Waals surface area contributed by atoms with E-state index in [9.17, 15) is 10.1 Å². The van der Waals surface area contributed by atoms with Gasteiger partial charge in [0.2, 0.25) is 6.79 Å². The quantitative estimate of drug-likeness (QED) is 0.495. The largest absolute Gasteiger partial charge is 0.495 e. The molecule has 9 heteroatoms. The molecule has 0 spiro atoms. The average molecular weight is 347 g/mol. The molecule has 0 amide bonds. The monoisotopic (exact) mass is 347 g/mol. The van der Waals surface area contributed by atoms with Crippen LogP contribution in [0.4, 0.5) is 17.1 Å². The fourth-order valence-corrected chi connectivity index (χ4v) is 2.39. The molecule has 24 heavy (non-hydrogen) atoms. The first kappa shape index (κ1) is 15.8. The van der Waals surface area contributed by atoms with Crippen LogP contribution in [0.15, 0.2) is 36.4 Å². The summed E-state index contributed by atoms with van der Waals surface area (Å²) in [5, 5.41) is 17.0. The first-order valence-corrected chi connectivity index (χ1v) is 7.28. The summed E-state index contributed by atoms with van der Waals surface area (Å²) in [7, 11) is 1.47. The van der Waals surface area contributed by atoms with Crippen molar-refractivity contribution in [2.24, 2.45) is 0 Å². The van der Waals surface area contributed by atoms with Crippen LogP contribution in [0.3, 0.4) is 0 Å². The van der Waals surface area contributed by atoms with Crippen molar-refractivity contribution < 1.29 is 19.1 Å². The summed E-state index contributed by atoms with van der Waals surface area (Å²) in [4.78, 5) is 10.4. The summed E-state index contributed by atoms with van der Waals surface area (Å²) in [5.41, 5.74) is 1.02. The Kier molecular flexibility index (Phi) is 4.34. The van der Waals surface area contributed by atoms with Crippen molar-refractivity contribution in [1.82, 2.24) is 0 Å². The van der Waals surface area contributed by atoms with Crippen molar-refractivity contribution >= 4 is 34.4 Å². The van der Waals surface area contributed by atoms with Gasteiger partial charge < -0.3 is 24.8 Å². The summed E-state index contributed by atoms with van der Waals surface area (Å²) in [5.74, 6) is 1.73. The number of nitro benzene ring substituents is 1. The summed E-state index contributed by atoms with van der Waals surface area (Å²) >= 11 is 5.24. The van der Waals surface area contributed by atoms with Crippen LogP contribution in [0.5, 0.6) is 17.2 Å². The minimum atomic E-state index is -0.487. The van der Waals surface area contributed by atoms with E-state index in [1.807, 2.05) is 0 Å². The van der Waals surface area contributed by atoms with E-state index in [-0.39, 0.29) is 17.6 Å². The lowest BCUT2D eigenvalue weighted by atomic mass is 10.2. The number of non-ortho nitro benzene ring substituents is 1. The number of nitrogens with one attached hydrogen (secondary N) is 2. The zero-order valence-electron chi connectivity index (χ0n) is 12.6. The van der Waals surface area contributed by atoms with E-state index in [4.69, 9.17) is 26.4 Å². The minimum Gasteiger partial charge on any atom is -0.495 e. The molecule has 0 fully saturated rings. The van der Waals surface area contributed by atoms with Gasteiger partial charge >= 0.3 is 0 Å². The number of anilines is 2. The van der Waals surface area contributed by atoms with Crippen molar-refractivity contribution in [2.45, 2.75) is 0 Å². The highest BCUT2D eigenvalue weighted by atomic mass is 32.1. The highest BCUT2D eigenvalue weighted by molar-refractivity contribution is 7.80. The van der Waals surface area contributed by atoms with Crippen LogP contribution >= 0.6 is 12.2 Å². The summed E-state index contributed by atoms with van der Waals surface area (Å²) < 4.78 is 15.7. The Morgan fingerprint density at radius 1 is 1.21 bits per heavy atom. The van der Waals surface area contributed by atoms with Crippen LogP contribution in [0, 0.1) is 10.1 Å². The number of nitro groups is 1. The van der Waals surface area contributed by atoms with Crippen molar-refractivity contribution in [1.29, 1.82) is 0 Å². The molecular formula is C15H13N3O5S. The summed E-state index contributed by atoms with van der Waals surface area (Å²) in [6.07, 6.45) is 0. The van der Waals surface area contributed by atoms with Gasteiger partial charge in [-0.25, -0.2) is 0 Å². The van der Waals surface area contributed by atoms with E-state index in [2.05, 4.69) is 10.6 Å². The molecule has 1 aliphatic rings. The molecule has 2 aromatic carbocycles. The minimum absolute atomic E-state index is 0.0656. The van der Waals surface area contributed by atoms with Crippen molar-refractivity contribution in [3.63, 3.8) is 0 Å². The first-order valence-electron chi connectivity index (χ1n) is 6.87. The van der Waals surface area contributed by atoms with Crippen molar-refractivity contribution in [2.75, 3.05) is 24.5 Å². The number of methoxy groups -OCH3 is 1. The summed E-state index contributed by atoms with van der Waals surface area (Å²) in [6, 6.07) is 9.52. The predicted molar refractivity (Wildman–Crippen MR) is 92.1 cm³/mol. The maximum Gasteiger partial charge on any atom is 0.271 e. The molecule has 124 valence electrons. The van der Waals surface area contributed by atoms with Gasteiger partial charge in [0.25, 0.3) is 5.69 Å². The molecule has 0 saturated heterocycles. The third-order valence-corrected chi connectivity index (χ3v) is 3.48. The van der Waals surface area contributed by atoms with Gasteiger partial charge in [-0.15, -0.1) is 0 Å². The molecular weight excluding hydrogens is 334 g/mol. The molecule has 0 radical (unpaired) electrons. The zero-order valence-corrected chi connectivity index (χ0v) is 13.4. The maximum atomic E-state index is 10.9. The third-order valence-electron chi connectivity index (χ3n) is 3.27. The number of nitrogens with zero attached hydrogens (tertiary/aromatic N) is 1. The van der Waals surface area contributed by atoms with Gasteiger partial charge in [-0.1, -0.05) is 0 Å². The van der Waals surface area contributed by atoms with Crippen LogP contribution in [-0.4, -0.2) is 23.9 Å². The Bertz CT molecular complexity index is 812. The van der Waals surface area contributed by atoms with Gasteiger partial charge in [0.15, 0.2) is 16.6 Å². The van der Waals surface area contributed by atoms with Gasteiger partial charge in [0.1, 0.15) is 5.75 Å². The van der Waals surface area contributed by atoms with E-state index in [1.54, 1.807) is 18.2 Å². The SMILES string of the molecule is COc1ccc([N+](=O)[O-])cc1NC(=S)Nc1ccc2c(c1)OCO2. The van der Waals surface area contributed by atoms with Crippen molar-refractivity contribution in [3.05, 3.63) is 46.5 Å². The lowest BCUT2D eigenvalue weighted by Gasteiger charge is -2.13. The van der Waals surface area contributed by atoms with Crippen LogP contribution in [0.1, 0.15) is 0 Å². The molecule has 2 N–H and O–H groups in total. The lowest BCUT2D eigenvalue weighted by molar-refractivity contribution is -0.384. The standard InChI is InChI=1S/C15H13N3O5S/c1-21-12-5-3-10(18(19)20)7-11(12)17-15(24)16-9-2-4-13-14(6-9)23-8-22-13/h2-7H,8H2,1H3,(H2,16,17,24). The molecule has 2 aromatic rings. The highest BCUT2D eigenvalue weighted by Gasteiger charge is 2.15. The van der Waals surface area contributed by atoms with E-state index < -0.39 is 4.92 Å². The predicted octanol–water partition coefficient (Wildman–Crippen LogP) is 3.14. The second kappa shape index (κ2) is 6.59. The Morgan fingerprint density at radius 2 is 2.00 bits per heavy atom. The number of fused-ring (bicyclic) bond motifs is 1. The second-order valence-electron chi connectivity index (χ2n) is 4.79. The van der Waals surface area contributed by atoms with Gasteiger partial charge in [0.05, 0.1) is 17.7 Å². The van der Waals surface area contributed by atoms with Gasteiger partial charge in [-0.3, -0.25) is 10.1 Å². The Labute approximate surface area is 142 Å². The number of benzene rings is 2. The zero-order chi connectivity index (χ0) is 17.1. The van der Waals surface area contributed by atoms with Crippen molar-refractivity contribution in [3.8, 4) is 17.2 Å². The molecule has 0 aliphatic carbocycles. The van der Waals surface area contributed by atoms with Gasteiger partial charge in [0, 0.05) is 23.9 Å². The van der Waals surface area contributed by atoms with Gasteiger partial charge in [-0.05, 0) is 30.4 Å². The second-order valence-corrected chi connectivity index (χ2v) is 5.20. The van der Waals surface area contributed by atoms with E-state index >= 15 is 0 Å². The molecule has 8 nitrogen and oxygen atoms in total. The third kappa shape index (κ3) is 3.30. The number of thiocarbonyl (C=S) groups is 1. The first-order chi connectivity index (χ1) is 11.6. The van der Waals surface area contributed by atoms with Crippen LogP contribution in [-0.2, 0) is 0 Å². The molecule has 3 rings (SSSR count). The summed E-state index contributed by atoms with van der Waals surface area (Å²) in [6.45, 7) is 0.187. The van der Waals surface area contributed by atoms with Gasteiger partial charge in [-0.2, -0.15) is 0 Å². The molecule has 1 heterocycles. The van der Waals surface area contributed by atoms with E-state index in [0.29, 0.717) is 28.6 Å². The smallest absolute Gasteiger partial charge is 0.271 e. The van der Waals surface area contributed by atoms with Crippen LogP contribution in [0.25, 0.3) is 0 Å². The normalized spacial score (nSPS) is 11.7. The average Bonchev–Trinajstić information content (AvgIpc) is 3.02. The molecule has 0 saturated carbocycles. The number of rotatable bonds is 4. The number of ether oxygens (including phenoxy) is 3. The fraction of sp³-hybridized carbons (Fsp3) is 0.133. The lowest BCUT2D eigenvalue weighted by Crippen LogP contribution is -2.19. The Morgan fingerprint density at radius 3 is 2.75 bits per heavy atom. The molecule has 0 bridgehead atoms. The van der Waals surface area contributed by atoms with E-state index in [0.717, 1.165) is 0 Å². The maximum absolute atomic E-state index is 10.9. The number of hydrogen-bond donors (Lipinski definition) is 2. The Hall–Kier alpha value is -3.07. The fourth-order valence-electron chi connectivity index (χ4n) is 2.17. The molecule has 0 atom stereocenters. The molecule has 1 aliphatic heterocycles. The topological polar surface area (TPSA) is 94.9 Å². The number of hydrogen-bond acceptors (Lipinski definition) is 6. The molecule has 0 unspecified atom stereocenters. The van der Waals surface area contributed by atoms with Crippen LogP contribution in [0.2, 0.25) is 0 Å². The Balaban J connectivity index is 1.75. The van der Waals surface area contributed by atoms with E-state index in [1.165, 1.54) is 25.3 Å².